The Morgan fingerprint density at radius 3 is 2.54 bits per heavy atom. The molecule has 26 heavy (non-hydrogen) atoms. The van der Waals surface area contributed by atoms with E-state index in [2.05, 4.69) is 22.5 Å². The number of nitrogens with zero attached hydrogens (tertiary/aromatic N) is 1. The predicted molar refractivity (Wildman–Crippen MR) is 97.7 cm³/mol. The van der Waals surface area contributed by atoms with E-state index in [0.717, 1.165) is 29.8 Å². The van der Waals surface area contributed by atoms with Gasteiger partial charge in [0.25, 0.3) is 5.91 Å². The highest BCUT2D eigenvalue weighted by Crippen LogP contribution is 2.20. The van der Waals surface area contributed by atoms with E-state index in [4.69, 9.17) is 0 Å². The molecule has 0 saturated carbocycles. The summed E-state index contributed by atoms with van der Waals surface area (Å²) in [6.45, 7) is 2.07. The summed E-state index contributed by atoms with van der Waals surface area (Å²) >= 11 is 0. The Bertz CT molecular complexity index is 927. The summed E-state index contributed by atoms with van der Waals surface area (Å²) in [6.07, 6.45) is 2.31. The molecule has 0 fully saturated rings. The second-order valence-electron chi connectivity index (χ2n) is 5.65. The highest BCUT2D eigenvalue weighted by Gasteiger charge is 2.09. The van der Waals surface area contributed by atoms with E-state index in [1.54, 1.807) is 12.1 Å². The van der Waals surface area contributed by atoms with Gasteiger partial charge in [-0.3, -0.25) is 4.79 Å². The Balaban J connectivity index is 1.70. The molecule has 6 heteroatoms. The molecule has 1 aromatic heterocycles. The molecule has 4 nitrogen and oxygen atoms in total. The summed E-state index contributed by atoms with van der Waals surface area (Å²) in [6, 6.07) is 14.4. The molecule has 0 radical (unpaired) electrons. The lowest BCUT2D eigenvalue weighted by molar-refractivity contribution is 0.102. The minimum atomic E-state index is -1.02. The first-order valence-electron chi connectivity index (χ1n) is 8.14. The molecule has 2 aromatic carbocycles. The normalized spacial score (nSPS) is 10.4. The number of aromatic nitrogens is 1. The maximum Gasteiger partial charge on any atom is 0.257 e. The van der Waals surface area contributed by atoms with Crippen molar-refractivity contribution in [3.8, 4) is 0 Å². The molecule has 0 bridgehead atoms. The highest BCUT2D eigenvalue weighted by molar-refractivity contribution is 6.04. The number of pyridine rings is 1. The molecule has 3 aromatic rings. The van der Waals surface area contributed by atoms with E-state index in [9.17, 15) is 13.6 Å². The predicted octanol–water partition coefficient (Wildman–Crippen LogP) is 4.92. The second kappa shape index (κ2) is 7.74. The maximum atomic E-state index is 13.2. The first-order chi connectivity index (χ1) is 12.6. The third-order valence-electron chi connectivity index (χ3n) is 3.86. The van der Waals surface area contributed by atoms with Gasteiger partial charge in [0, 0.05) is 23.6 Å². The second-order valence-corrected chi connectivity index (χ2v) is 5.65. The van der Waals surface area contributed by atoms with E-state index in [1.165, 1.54) is 12.3 Å². The van der Waals surface area contributed by atoms with E-state index >= 15 is 0 Å². The van der Waals surface area contributed by atoms with Crippen molar-refractivity contribution >= 4 is 23.1 Å². The minimum absolute atomic E-state index is 0.174. The number of hydrogen-bond acceptors (Lipinski definition) is 3. The number of carbonyl (C=O) groups excluding carboxylic acids is 1. The van der Waals surface area contributed by atoms with Crippen LogP contribution in [-0.4, -0.2) is 10.9 Å². The molecule has 3 rings (SSSR count). The summed E-state index contributed by atoms with van der Waals surface area (Å²) in [5, 5.41) is 5.73. The van der Waals surface area contributed by atoms with Crippen LogP contribution in [-0.2, 0) is 6.42 Å². The Labute approximate surface area is 149 Å². The molecule has 1 amide bonds. The van der Waals surface area contributed by atoms with Crippen molar-refractivity contribution in [1.29, 1.82) is 0 Å². The lowest BCUT2D eigenvalue weighted by Gasteiger charge is -2.10. The number of halogens is 2. The molecule has 0 saturated heterocycles. The topological polar surface area (TPSA) is 54.0 Å². The first-order valence-corrected chi connectivity index (χ1v) is 8.14. The summed E-state index contributed by atoms with van der Waals surface area (Å²) in [7, 11) is 0. The molecule has 1 heterocycles. The summed E-state index contributed by atoms with van der Waals surface area (Å²) in [5.41, 5.74) is 2.60. The van der Waals surface area contributed by atoms with Gasteiger partial charge in [0.15, 0.2) is 11.6 Å². The molecule has 0 aliphatic heterocycles. The Morgan fingerprint density at radius 1 is 1.04 bits per heavy atom. The third kappa shape index (κ3) is 4.03. The molecular weight excluding hydrogens is 336 g/mol. The van der Waals surface area contributed by atoms with Crippen molar-refractivity contribution in [1.82, 2.24) is 4.98 Å². The third-order valence-corrected chi connectivity index (χ3v) is 3.86. The zero-order chi connectivity index (χ0) is 18.5. The first kappa shape index (κ1) is 17.5. The molecule has 0 atom stereocenters. The zero-order valence-corrected chi connectivity index (χ0v) is 14.1. The van der Waals surface area contributed by atoms with Crippen LogP contribution in [0.3, 0.4) is 0 Å². The van der Waals surface area contributed by atoms with Crippen LogP contribution in [0.4, 0.5) is 26.0 Å². The number of rotatable bonds is 5. The number of para-hydroxylation sites is 1. The van der Waals surface area contributed by atoms with Crippen LogP contribution in [0.1, 0.15) is 22.8 Å². The number of carbonyl (C=O) groups is 1. The molecule has 0 aliphatic carbocycles. The fourth-order valence-electron chi connectivity index (χ4n) is 2.47. The van der Waals surface area contributed by atoms with Gasteiger partial charge in [0.2, 0.25) is 0 Å². The SMILES string of the molecule is CCc1ccccc1Nc1ccc(C(=O)Nc2ccc(F)c(F)c2)cn1. The molecule has 132 valence electrons. The fourth-order valence-corrected chi connectivity index (χ4v) is 2.47. The van der Waals surface area contributed by atoms with Gasteiger partial charge >= 0.3 is 0 Å². The molecule has 0 spiro atoms. The average molecular weight is 353 g/mol. The van der Waals surface area contributed by atoms with Crippen molar-refractivity contribution in [2.75, 3.05) is 10.6 Å². The van der Waals surface area contributed by atoms with Crippen LogP contribution in [0.2, 0.25) is 0 Å². The average Bonchev–Trinajstić information content (AvgIpc) is 2.66. The molecule has 0 unspecified atom stereocenters. The summed E-state index contributed by atoms with van der Waals surface area (Å²) < 4.78 is 26.1. The van der Waals surface area contributed by atoms with E-state index < -0.39 is 17.5 Å². The molecule has 0 aliphatic rings. The Hall–Kier alpha value is -3.28. The van der Waals surface area contributed by atoms with Crippen LogP contribution >= 0.6 is 0 Å². The van der Waals surface area contributed by atoms with Crippen LogP contribution in [0.5, 0.6) is 0 Å². The maximum absolute atomic E-state index is 13.2. The summed E-state index contributed by atoms with van der Waals surface area (Å²) in [5.74, 6) is -1.83. The Kier molecular flexibility index (Phi) is 5.22. The lowest BCUT2D eigenvalue weighted by atomic mass is 10.1. The van der Waals surface area contributed by atoms with Crippen LogP contribution in [0.15, 0.2) is 60.8 Å². The largest absolute Gasteiger partial charge is 0.340 e. The quantitative estimate of drug-likeness (QED) is 0.685. The van der Waals surface area contributed by atoms with E-state index in [0.29, 0.717) is 11.4 Å². The van der Waals surface area contributed by atoms with Crippen LogP contribution in [0.25, 0.3) is 0 Å². The number of anilines is 3. The number of aryl methyl sites for hydroxylation is 1. The van der Waals surface area contributed by atoms with Gasteiger partial charge in [-0.2, -0.15) is 0 Å². The van der Waals surface area contributed by atoms with Gasteiger partial charge in [-0.1, -0.05) is 25.1 Å². The van der Waals surface area contributed by atoms with Gasteiger partial charge in [-0.05, 0) is 42.3 Å². The van der Waals surface area contributed by atoms with Gasteiger partial charge in [0.1, 0.15) is 5.82 Å². The van der Waals surface area contributed by atoms with Gasteiger partial charge < -0.3 is 10.6 Å². The smallest absolute Gasteiger partial charge is 0.257 e. The summed E-state index contributed by atoms with van der Waals surface area (Å²) in [4.78, 5) is 16.4. The lowest BCUT2D eigenvalue weighted by Crippen LogP contribution is -2.12. The zero-order valence-electron chi connectivity index (χ0n) is 14.1. The van der Waals surface area contributed by atoms with Crippen LogP contribution in [0, 0.1) is 11.6 Å². The molecular formula is C20H17F2N3O. The van der Waals surface area contributed by atoms with Crippen molar-refractivity contribution in [2.24, 2.45) is 0 Å². The van der Waals surface area contributed by atoms with Crippen molar-refractivity contribution in [2.45, 2.75) is 13.3 Å². The monoisotopic (exact) mass is 353 g/mol. The van der Waals surface area contributed by atoms with Crippen molar-refractivity contribution in [3.05, 3.63) is 83.6 Å². The van der Waals surface area contributed by atoms with Gasteiger partial charge in [-0.25, -0.2) is 13.8 Å². The number of amides is 1. The number of hydrogen-bond donors (Lipinski definition) is 2. The van der Waals surface area contributed by atoms with Crippen molar-refractivity contribution in [3.63, 3.8) is 0 Å². The van der Waals surface area contributed by atoms with Gasteiger partial charge in [-0.15, -0.1) is 0 Å². The van der Waals surface area contributed by atoms with Crippen molar-refractivity contribution < 1.29 is 13.6 Å². The number of nitrogens with one attached hydrogen (secondary N) is 2. The van der Waals surface area contributed by atoms with E-state index in [1.807, 2.05) is 24.3 Å². The fraction of sp³-hybridized carbons (Fsp3) is 0.100. The van der Waals surface area contributed by atoms with E-state index in [-0.39, 0.29) is 5.69 Å². The van der Waals surface area contributed by atoms with Crippen LogP contribution < -0.4 is 10.6 Å². The molecule has 2 N–H and O–H groups in total. The highest BCUT2D eigenvalue weighted by atomic mass is 19.2. The van der Waals surface area contributed by atoms with Gasteiger partial charge in [0.05, 0.1) is 5.56 Å². The minimum Gasteiger partial charge on any atom is -0.340 e. The standard InChI is InChI=1S/C20H17F2N3O/c1-2-13-5-3-4-6-18(13)25-19-10-7-14(12-23-19)20(26)24-15-8-9-16(21)17(22)11-15/h3-12H,2H2,1H3,(H,23,25)(H,24,26). The Morgan fingerprint density at radius 2 is 1.85 bits per heavy atom. The number of benzene rings is 2.